The van der Waals surface area contributed by atoms with Crippen molar-refractivity contribution in [2.75, 3.05) is 6.61 Å². The second-order valence-corrected chi connectivity index (χ2v) is 7.77. The molecule has 3 aromatic rings. The summed E-state index contributed by atoms with van der Waals surface area (Å²) in [6, 6.07) is 11.7. The predicted molar refractivity (Wildman–Crippen MR) is 109 cm³/mol. The van der Waals surface area contributed by atoms with Crippen LogP contribution >= 0.6 is 11.8 Å². The van der Waals surface area contributed by atoms with Gasteiger partial charge < -0.3 is 4.74 Å². The van der Waals surface area contributed by atoms with Crippen LogP contribution in [0.5, 0.6) is 5.75 Å². The molecule has 1 fully saturated rings. The van der Waals surface area contributed by atoms with Crippen molar-refractivity contribution in [1.29, 1.82) is 0 Å². The predicted octanol–water partition coefficient (Wildman–Crippen LogP) is 4.33. The van der Waals surface area contributed by atoms with Crippen molar-refractivity contribution in [3.63, 3.8) is 0 Å². The summed E-state index contributed by atoms with van der Waals surface area (Å²) in [6.45, 7) is 2.52. The third-order valence-electron chi connectivity index (χ3n) is 4.71. The van der Waals surface area contributed by atoms with E-state index in [-0.39, 0.29) is 5.25 Å². The molecule has 1 aliphatic rings. The number of pyridine rings is 1. The quantitative estimate of drug-likeness (QED) is 0.620. The molecule has 28 heavy (non-hydrogen) atoms. The molecule has 4 rings (SSSR count). The minimum Gasteiger partial charge on any atom is -0.492 e. The highest BCUT2D eigenvalue weighted by Gasteiger charge is 2.27. The molecule has 0 saturated heterocycles. The Bertz CT molecular complexity index is 958. The van der Waals surface area contributed by atoms with Gasteiger partial charge in [-0.1, -0.05) is 30.3 Å². The average molecular weight is 395 g/mol. The number of para-hydroxylation sites is 2. The maximum absolute atomic E-state index is 12.4. The topological polar surface area (TPSA) is 69.9 Å². The largest absolute Gasteiger partial charge is 0.492 e. The monoisotopic (exact) mass is 394 g/mol. The zero-order valence-electron chi connectivity index (χ0n) is 15.7. The third-order valence-corrected chi connectivity index (χ3v) is 5.96. The second-order valence-electron chi connectivity index (χ2n) is 6.60. The minimum absolute atomic E-state index is 0.0716. The van der Waals surface area contributed by atoms with Crippen LogP contribution in [-0.2, 0) is 4.79 Å². The number of hydrogen-bond donors (Lipinski definition) is 0. The van der Waals surface area contributed by atoms with Gasteiger partial charge in [-0.25, -0.2) is 0 Å². The fraction of sp³-hybridized carbons (Fsp3) is 0.333. The molecule has 0 amide bonds. The lowest BCUT2D eigenvalue weighted by atomic mass is 9.99. The van der Waals surface area contributed by atoms with E-state index in [9.17, 15) is 4.79 Å². The van der Waals surface area contributed by atoms with Gasteiger partial charge in [0, 0.05) is 24.4 Å². The fourth-order valence-electron chi connectivity index (χ4n) is 3.37. The van der Waals surface area contributed by atoms with E-state index in [1.54, 1.807) is 12.4 Å². The van der Waals surface area contributed by atoms with Crippen LogP contribution in [0.3, 0.4) is 0 Å². The van der Waals surface area contributed by atoms with Gasteiger partial charge in [0.05, 0.1) is 17.5 Å². The number of nitrogens with zero attached hydrogens (tertiary/aromatic N) is 4. The van der Waals surface area contributed by atoms with Gasteiger partial charge >= 0.3 is 0 Å². The Balaban J connectivity index is 1.81. The minimum atomic E-state index is -0.0716. The molecule has 1 unspecified atom stereocenters. The number of ketones is 1. The summed E-state index contributed by atoms with van der Waals surface area (Å²) in [5.74, 6) is 1.74. The van der Waals surface area contributed by atoms with Gasteiger partial charge in [-0.2, -0.15) is 0 Å². The highest BCUT2D eigenvalue weighted by Crippen LogP contribution is 2.36. The maximum Gasteiger partial charge on any atom is 0.196 e. The van der Waals surface area contributed by atoms with Crippen molar-refractivity contribution in [2.45, 2.75) is 43.0 Å². The number of aromatic nitrogens is 4. The molecule has 2 aromatic heterocycles. The Labute approximate surface area is 168 Å². The molecule has 144 valence electrons. The summed E-state index contributed by atoms with van der Waals surface area (Å²) in [7, 11) is 0. The number of Topliss-reactive ketones (excluding diaryl/α,β-unsaturated/α-hetero) is 1. The van der Waals surface area contributed by atoms with Crippen LogP contribution in [0.15, 0.2) is 53.9 Å². The zero-order valence-corrected chi connectivity index (χ0v) is 16.6. The molecular weight excluding hydrogens is 372 g/mol. The molecule has 0 aliphatic heterocycles. The zero-order chi connectivity index (χ0) is 19.3. The number of carbonyl (C=O) groups is 1. The van der Waals surface area contributed by atoms with Crippen molar-refractivity contribution in [1.82, 2.24) is 19.7 Å². The van der Waals surface area contributed by atoms with E-state index in [2.05, 4.69) is 15.2 Å². The smallest absolute Gasteiger partial charge is 0.196 e. The first-order chi connectivity index (χ1) is 13.8. The van der Waals surface area contributed by atoms with Crippen LogP contribution in [0.2, 0.25) is 0 Å². The molecule has 1 saturated carbocycles. The van der Waals surface area contributed by atoms with Crippen LogP contribution in [0.4, 0.5) is 0 Å². The summed E-state index contributed by atoms with van der Waals surface area (Å²) in [5, 5.41) is 9.51. The molecular formula is C21H22N4O2S. The van der Waals surface area contributed by atoms with Gasteiger partial charge in [0.2, 0.25) is 0 Å². The Morgan fingerprint density at radius 2 is 2.07 bits per heavy atom. The number of rotatable bonds is 6. The molecule has 6 nitrogen and oxygen atoms in total. The second kappa shape index (κ2) is 8.56. The first kappa shape index (κ1) is 18.7. The summed E-state index contributed by atoms with van der Waals surface area (Å²) in [6.07, 6.45) is 7.08. The van der Waals surface area contributed by atoms with E-state index in [4.69, 9.17) is 4.74 Å². The van der Waals surface area contributed by atoms with Gasteiger partial charge in [0.25, 0.3) is 0 Å². The van der Waals surface area contributed by atoms with Crippen molar-refractivity contribution in [2.24, 2.45) is 0 Å². The number of carbonyl (C=O) groups excluding carboxylic acids is 1. The standard InChI is InChI=1S/C21H22N4O2S/c1-2-27-18-11-5-3-9-16(18)25-20(15-8-7-13-22-14-15)23-24-21(25)28-19-12-6-4-10-17(19)26/h3,5,7-9,11,13-14,19H,2,4,6,10,12H2,1H3. The molecule has 0 spiro atoms. The van der Waals surface area contributed by atoms with E-state index < -0.39 is 0 Å². The highest BCUT2D eigenvalue weighted by atomic mass is 32.2. The normalized spacial score (nSPS) is 16.9. The summed E-state index contributed by atoms with van der Waals surface area (Å²) in [5.41, 5.74) is 1.72. The van der Waals surface area contributed by atoms with Crippen molar-refractivity contribution < 1.29 is 9.53 Å². The lowest BCUT2D eigenvalue weighted by Crippen LogP contribution is -2.21. The molecule has 0 bridgehead atoms. The Morgan fingerprint density at radius 3 is 2.86 bits per heavy atom. The fourth-order valence-corrected chi connectivity index (χ4v) is 4.53. The lowest BCUT2D eigenvalue weighted by Gasteiger charge is -2.20. The van der Waals surface area contributed by atoms with Crippen LogP contribution in [0.25, 0.3) is 17.1 Å². The van der Waals surface area contributed by atoms with E-state index in [0.717, 1.165) is 36.3 Å². The Kier molecular flexibility index (Phi) is 5.71. The van der Waals surface area contributed by atoms with Crippen LogP contribution in [0.1, 0.15) is 32.6 Å². The van der Waals surface area contributed by atoms with E-state index in [1.807, 2.05) is 47.9 Å². The Morgan fingerprint density at radius 1 is 1.18 bits per heavy atom. The van der Waals surface area contributed by atoms with Crippen molar-refractivity contribution >= 4 is 17.5 Å². The number of ether oxygens (including phenoxy) is 1. The summed E-state index contributed by atoms with van der Waals surface area (Å²) in [4.78, 5) is 16.6. The van der Waals surface area contributed by atoms with Crippen molar-refractivity contribution in [3.05, 3.63) is 48.8 Å². The van der Waals surface area contributed by atoms with Gasteiger partial charge in [-0.15, -0.1) is 10.2 Å². The van der Waals surface area contributed by atoms with E-state index in [0.29, 0.717) is 29.8 Å². The average Bonchev–Trinajstić information content (AvgIpc) is 3.14. The summed E-state index contributed by atoms with van der Waals surface area (Å²) < 4.78 is 7.83. The van der Waals surface area contributed by atoms with Gasteiger partial charge in [-0.05, 0) is 44.0 Å². The molecule has 0 N–H and O–H groups in total. The molecule has 1 aromatic carbocycles. The van der Waals surface area contributed by atoms with Crippen LogP contribution in [-0.4, -0.2) is 37.4 Å². The van der Waals surface area contributed by atoms with Crippen LogP contribution in [0, 0.1) is 0 Å². The molecule has 7 heteroatoms. The number of hydrogen-bond acceptors (Lipinski definition) is 6. The van der Waals surface area contributed by atoms with E-state index >= 15 is 0 Å². The first-order valence-corrected chi connectivity index (χ1v) is 10.4. The highest BCUT2D eigenvalue weighted by molar-refractivity contribution is 8.00. The van der Waals surface area contributed by atoms with Gasteiger partial charge in [0.15, 0.2) is 11.0 Å². The Hall–Kier alpha value is -2.67. The van der Waals surface area contributed by atoms with Gasteiger partial charge in [-0.3, -0.25) is 14.3 Å². The number of benzene rings is 1. The molecule has 1 atom stereocenters. The summed E-state index contributed by atoms with van der Waals surface area (Å²) >= 11 is 1.50. The number of thioether (sulfide) groups is 1. The van der Waals surface area contributed by atoms with Crippen LogP contribution < -0.4 is 4.74 Å². The lowest BCUT2D eigenvalue weighted by molar-refractivity contribution is -0.119. The third kappa shape index (κ3) is 3.80. The first-order valence-electron chi connectivity index (χ1n) is 9.55. The molecule has 2 heterocycles. The molecule has 1 aliphatic carbocycles. The van der Waals surface area contributed by atoms with Gasteiger partial charge in [0.1, 0.15) is 11.5 Å². The molecule has 0 radical (unpaired) electrons. The SMILES string of the molecule is CCOc1ccccc1-n1c(SC2CCCCC2=O)nnc1-c1cccnc1. The maximum atomic E-state index is 12.4. The van der Waals surface area contributed by atoms with Crippen molar-refractivity contribution in [3.8, 4) is 22.8 Å². The van der Waals surface area contributed by atoms with E-state index in [1.165, 1.54) is 11.8 Å².